The Labute approximate surface area is 222 Å². The number of hydrogen-bond acceptors (Lipinski definition) is 5. The lowest BCUT2D eigenvalue weighted by atomic mass is 10.1. The van der Waals surface area contributed by atoms with Gasteiger partial charge in [0.15, 0.2) is 0 Å². The Morgan fingerprint density at radius 2 is 1.84 bits per heavy atom. The van der Waals surface area contributed by atoms with Crippen LogP contribution >= 0.6 is 11.6 Å². The summed E-state index contributed by atoms with van der Waals surface area (Å²) in [5, 5.41) is 11.4. The first kappa shape index (κ1) is 24.9. The lowest BCUT2D eigenvalue weighted by molar-refractivity contribution is -0.115. The summed E-state index contributed by atoms with van der Waals surface area (Å²) in [5.41, 5.74) is 3.66. The van der Waals surface area contributed by atoms with Crippen LogP contribution in [0.25, 0.3) is 10.9 Å². The molecule has 0 saturated heterocycles. The maximum Gasteiger partial charge on any atom is 0.253 e. The highest BCUT2D eigenvalue weighted by atomic mass is 35.5. The van der Waals surface area contributed by atoms with E-state index in [9.17, 15) is 14.4 Å². The Morgan fingerprint density at radius 1 is 1.03 bits per heavy atom. The number of hydrogen-bond donors (Lipinski definition) is 2. The quantitative estimate of drug-likeness (QED) is 0.325. The molecule has 0 atom stereocenters. The van der Waals surface area contributed by atoms with Crippen molar-refractivity contribution in [2.75, 3.05) is 4.90 Å². The molecule has 0 aliphatic carbocycles. The van der Waals surface area contributed by atoms with Gasteiger partial charge in [-0.1, -0.05) is 29.8 Å². The van der Waals surface area contributed by atoms with Crippen molar-refractivity contribution < 1.29 is 9.59 Å². The van der Waals surface area contributed by atoms with E-state index in [1.165, 1.54) is 30.3 Å². The average molecular weight is 527 g/mol. The monoisotopic (exact) mass is 526 g/mol. The van der Waals surface area contributed by atoms with E-state index in [2.05, 4.69) is 20.5 Å². The molecule has 5 rings (SSSR count). The fourth-order valence-corrected chi connectivity index (χ4v) is 4.34. The van der Waals surface area contributed by atoms with Crippen molar-refractivity contribution in [3.8, 4) is 0 Å². The molecule has 0 radical (unpaired) electrons. The third kappa shape index (κ3) is 5.33. The van der Waals surface area contributed by atoms with Crippen molar-refractivity contribution in [3.63, 3.8) is 0 Å². The van der Waals surface area contributed by atoms with E-state index < -0.39 is 0 Å². The van der Waals surface area contributed by atoms with E-state index in [0.29, 0.717) is 34.2 Å². The minimum Gasteiger partial charge on any atom is -0.346 e. The Balaban J connectivity index is 1.33. The average Bonchev–Trinajstić information content (AvgIpc) is 3.31. The molecule has 0 aliphatic rings. The van der Waals surface area contributed by atoms with Crippen molar-refractivity contribution in [1.82, 2.24) is 25.1 Å². The van der Waals surface area contributed by atoms with Gasteiger partial charge in [-0.15, -0.1) is 0 Å². The molecule has 0 bridgehead atoms. The highest BCUT2D eigenvalue weighted by molar-refractivity contribution is 6.31. The number of carbonyl (C=O) groups is 2. The predicted octanol–water partition coefficient (Wildman–Crippen LogP) is 4.44. The SMILES string of the molecule is CC(=O)N(c1ccc(Cn2ccccc2=O)cc1)c1cncc(C(=O)NCc2n[nH]c3ccc(Cl)cc23)c1. The van der Waals surface area contributed by atoms with Gasteiger partial charge in [-0.3, -0.25) is 29.4 Å². The Kier molecular flexibility index (Phi) is 7.01. The summed E-state index contributed by atoms with van der Waals surface area (Å²) in [6.45, 7) is 2.04. The second-order valence-corrected chi connectivity index (χ2v) is 9.10. The summed E-state index contributed by atoms with van der Waals surface area (Å²) < 4.78 is 1.60. The lowest BCUT2D eigenvalue weighted by Gasteiger charge is -2.22. The van der Waals surface area contributed by atoms with Crippen LogP contribution in [-0.2, 0) is 17.9 Å². The number of nitrogens with one attached hydrogen (secondary N) is 2. The van der Waals surface area contributed by atoms with Crippen LogP contribution in [0.1, 0.15) is 28.5 Å². The van der Waals surface area contributed by atoms with Crippen LogP contribution in [0.3, 0.4) is 0 Å². The molecule has 38 heavy (non-hydrogen) atoms. The summed E-state index contributed by atoms with van der Waals surface area (Å²) in [6, 6.07) is 19.3. The van der Waals surface area contributed by atoms with Crippen molar-refractivity contribution in [2.45, 2.75) is 20.0 Å². The number of pyridine rings is 2. The van der Waals surface area contributed by atoms with Crippen molar-refractivity contribution in [2.24, 2.45) is 0 Å². The first-order chi connectivity index (χ1) is 18.4. The fraction of sp³-hybridized carbons (Fsp3) is 0.107. The molecule has 10 heteroatoms. The van der Waals surface area contributed by atoms with Gasteiger partial charge < -0.3 is 9.88 Å². The molecular weight excluding hydrogens is 504 g/mol. The molecular formula is C28H23ClN6O3. The van der Waals surface area contributed by atoms with Crippen molar-refractivity contribution in [3.05, 3.63) is 118 Å². The van der Waals surface area contributed by atoms with Crippen LogP contribution in [0.4, 0.5) is 11.4 Å². The third-order valence-corrected chi connectivity index (χ3v) is 6.26. The molecule has 9 nitrogen and oxygen atoms in total. The molecule has 0 saturated carbocycles. The van der Waals surface area contributed by atoms with Gasteiger partial charge in [0.2, 0.25) is 5.91 Å². The van der Waals surface area contributed by atoms with Gasteiger partial charge in [-0.2, -0.15) is 5.10 Å². The Hall–Kier alpha value is -4.76. The number of rotatable bonds is 7. The van der Waals surface area contributed by atoms with Crippen LogP contribution in [0.15, 0.2) is 90.1 Å². The van der Waals surface area contributed by atoms with Crippen LogP contribution in [0, 0.1) is 0 Å². The van der Waals surface area contributed by atoms with E-state index in [1.807, 2.05) is 18.2 Å². The van der Waals surface area contributed by atoms with Crippen molar-refractivity contribution in [1.29, 1.82) is 0 Å². The number of carbonyl (C=O) groups excluding carboxylic acids is 2. The van der Waals surface area contributed by atoms with Gasteiger partial charge >= 0.3 is 0 Å². The summed E-state index contributed by atoms with van der Waals surface area (Å²) >= 11 is 6.10. The number of benzene rings is 2. The van der Waals surface area contributed by atoms with E-state index in [4.69, 9.17) is 11.6 Å². The second kappa shape index (κ2) is 10.7. The topological polar surface area (TPSA) is 113 Å². The van der Waals surface area contributed by atoms with Gasteiger partial charge in [0.25, 0.3) is 11.5 Å². The molecule has 2 N–H and O–H groups in total. The standard InChI is InChI=1S/C28H23ClN6O3/c1-18(36)35(22-8-5-19(6-9-22)17-34-11-3-2-4-27(34)37)23-12-20(14-30-15-23)28(38)31-16-26-24-13-21(29)7-10-25(24)32-33-26/h2-15H,16-17H2,1H3,(H,31,38)(H,32,33). The van der Waals surface area contributed by atoms with Gasteiger partial charge in [0.1, 0.15) is 0 Å². The number of aromatic nitrogens is 4. The number of amides is 2. The van der Waals surface area contributed by atoms with E-state index in [1.54, 1.807) is 53.2 Å². The van der Waals surface area contributed by atoms with Crippen LogP contribution in [0.5, 0.6) is 0 Å². The summed E-state index contributed by atoms with van der Waals surface area (Å²) in [4.78, 5) is 43.2. The largest absolute Gasteiger partial charge is 0.346 e. The number of halogens is 1. The molecule has 0 spiro atoms. The summed E-state index contributed by atoms with van der Waals surface area (Å²) in [6.07, 6.45) is 4.69. The molecule has 0 aliphatic heterocycles. The summed E-state index contributed by atoms with van der Waals surface area (Å²) in [7, 11) is 0. The number of anilines is 2. The first-order valence-electron chi connectivity index (χ1n) is 11.8. The van der Waals surface area contributed by atoms with Crippen LogP contribution in [-0.4, -0.2) is 31.6 Å². The molecule has 2 amide bonds. The minimum absolute atomic E-state index is 0.0904. The molecule has 0 fully saturated rings. The maximum absolute atomic E-state index is 12.9. The number of aromatic amines is 1. The Bertz CT molecular complexity index is 1690. The van der Waals surface area contributed by atoms with Gasteiger partial charge in [-0.05, 0) is 48.0 Å². The number of fused-ring (bicyclic) bond motifs is 1. The van der Waals surface area contributed by atoms with Crippen molar-refractivity contribution >= 4 is 45.7 Å². The number of nitrogens with zero attached hydrogens (tertiary/aromatic N) is 4. The van der Waals surface area contributed by atoms with Gasteiger partial charge in [0, 0.05) is 41.5 Å². The smallest absolute Gasteiger partial charge is 0.253 e. The zero-order valence-corrected chi connectivity index (χ0v) is 21.1. The highest BCUT2D eigenvalue weighted by Gasteiger charge is 2.17. The van der Waals surface area contributed by atoms with Gasteiger partial charge in [-0.25, -0.2) is 0 Å². The number of H-pyrrole nitrogens is 1. The molecule has 190 valence electrons. The predicted molar refractivity (Wildman–Crippen MR) is 146 cm³/mol. The normalized spacial score (nSPS) is 10.9. The molecule has 2 aromatic carbocycles. The second-order valence-electron chi connectivity index (χ2n) is 8.66. The maximum atomic E-state index is 12.9. The van der Waals surface area contributed by atoms with Crippen LogP contribution < -0.4 is 15.8 Å². The molecule has 5 aromatic rings. The zero-order chi connectivity index (χ0) is 26.6. The Morgan fingerprint density at radius 3 is 2.61 bits per heavy atom. The van der Waals surface area contributed by atoms with E-state index in [0.717, 1.165) is 16.5 Å². The third-order valence-electron chi connectivity index (χ3n) is 6.03. The molecule has 3 heterocycles. The zero-order valence-electron chi connectivity index (χ0n) is 20.4. The minimum atomic E-state index is -0.357. The first-order valence-corrected chi connectivity index (χ1v) is 12.2. The van der Waals surface area contributed by atoms with E-state index in [-0.39, 0.29) is 23.9 Å². The van der Waals surface area contributed by atoms with Crippen LogP contribution in [0.2, 0.25) is 5.02 Å². The van der Waals surface area contributed by atoms with Gasteiger partial charge in [0.05, 0.1) is 41.7 Å². The highest BCUT2D eigenvalue weighted by Crippen LogP contribution is 2.26. The fourth-order valence-electron chi connectivity index (χ4n) is 4.17. The molecule has 3 aromatic heterocycles. The summed E-state index contributed by atoms with van der Waals surface area (Å²) in [5.74, 6) is -0.596. The molecule has 0 unspecified atom stereocenters. The lowest BCUT2D eigenvalue weighted by Crippen LogP contribution is -2.26. The van der Waals surface area contributed by atoms with E-state index >= 15 is 0 Å².